The molecule has 0 bridgehead atoms. The Kier molecular flexibility index (Phi) is 7.60. The molecule has 0 aliphatic heterocycles. The highest BCUT2D eigenvalue weighted by atomic mass is 32.2. The fraction of sp³-hybridized carbons (Fsp3) is 0.300. The molecule has 2 rings (SSSR count). The van der Waals surface area contributed by atoms with Crippen LogP contribution in [0.25, 0.3) is 0 Å². The highest BCUT2D eigenvalue weighted by Crippen LogP contribution is 2.24. The van der Waals surface area contributed by atoms with Crippen molar-refractivity contribution >= 4 is 27.8 Å². The summed E-state index contributed by atoms with van der Waals surface area (Å²) in [7, 11) is -2.13. The van der Waals surface area contributed by atoms with Crippen LogP contribution in [0.1, 0.15) is 19.4 Å². The minimum Gasteiger partial charge on any atom is -0.497 e. The summed E-state index contributed by atoms with van der Waals surface area (Å²) in [4.78, 5) is 12.5. The number of benzene rings is 2. The Bertz CT molecular complexity index is 941. The second-order valence-electron chi connectivity index (χ2n) is 6.17. The molecular formula is C20H25N3O5S. The molecule has 2 aromatic carbocycles. The molecule has 2 aromatic rings. The van der Waals surface area contributed by atoms with Crippen LogP contribution in [0.4, 0.5) is 5.69 Å². The molecule has 9 heteroatoms. The third kappa shape index (κ3) is 6.21. The fourth-order valence-electron chi connectivity index (χ4n) is 2.62. The van der Waals surface area contributed by atoms with Crippen molar-refractivity contribution in [2.75, 3.05) is 24.3 Å². The van der Waals surface area contributed by atoms with Gasteiger partial charge >= 0.3 is 0 Å². The summed E-state index contributed by atoms with van der Waals surface area (Å²) in [5.41, 5.74) is 3.50. The predicted molar refractivity (Wildman–Crippen MR) is 113 cm³/mol. The van der Waals surface area contributed by atoms with E-state index in [9.17, 15) is 13.2 Å². The largest absolute Gasteiger partial charge is 0.497 e. The van der Waals surface area contributed by atoms with Gasteiger partial charge in [-0.25, -0.2) is 13.8 Å². The molecule has 8 nitrogen and oxygen atoms in total. The second-order valence-corrected chi connectivity index (χ2v) is 8.03. The van der Waals surface area contributed by atoms with Crippen LogP contribution >= 0.6 is 0 Å². The molecule has 29 heavy (non-hydrogen) atoms. The van der Waals surface area contributed by atoms with E-state index in [4.69, 9.17) is 9.47 Å². The van der Waals surface area contributed by atoms with Crippen molar-refractivity contribution in [3.05, 3.63) is 54.1 Å². The topological polar surface area (TPSA) is 97.3 Å². The minimum absolute atomic E-state index is 0.359. The van der Waals surface area contributed by atoms with E-state index < -0.39 is 22.0 Å². The maximum absolute atomic E-state index is 12.5. The molecule has 0 spiro atoms. The van der Waals surface area contributed by atoms with Crippen LogP contribution in [-0.4, -0.2) is 46.6 Å². The Morgan fingerprint density at radius 2 is 1.72 bits per heavy atom. The third-order valence-electron chi connectivity index (χ3n) is 3.99. The molecule has 0 aliphatic rings. The molecule has 0 unspecified atom stereocenters. The van der Waals surface area contributed by atoms with Crippen molar-refractivity contribution in [1.82, 2.24) is 5.43 Å². The van der Waals surface area contributed by atoms with Gasteiger partial charge in [-0.3, -0.25) is 9.10 Å². The number of hydrogen-bond donors (Lipinski definition) is 1. The summed E-state index contributed by atoms with van der Waals surface area (Å²) in [5, 5.41) is 3.91. The number of ether oxygens (including phenoxy) is 2. The van der Waals surface area contributed by atoms with Crippen molar-refractivity contribution in [3.63, 3.8) is 0 Å². The number of nitrogens with one attached hydrogen (secondary N) is 1. The van der Waals surface area contributed by atoms with Gasteiger partial charge in [-0.05, 0) is 67.9 Å². The molecule has 0 saturated carbocycles. The molecule has 156 valence electrons. The predicted octanol–water partition coefficient (Wildman–Crippen LogP) is 2.40. The normalized spacial score (nSPS) is 12.4. The van der Waals surface area contributed by atoms with E-state index in [-0.39, 0.29) is 0 Å². The number of methoxy groups -OCH3 is 1. The zero-order valence-electron chi connectivity index (χ0n) is 16.8. The van der Waals surface area contributed by atoms with Gasteiger partial charge in [-0.1, -0.05) is 0 Å². The van der Waals surface area contributed by atoms with Crippen LogP contribution < -0.4 is 19.2 Å². The van der Waals surface area contributed by atoms with E-state index in [1.54, 1.807) is 55.6 Å². The van der Waals surface area contributed by atoms with Crippen molar-refractivity contribution in [2.24, 2.45) is 5.10 Å². The first kappa shape index (κ1) is 22.2. The molecular weight excluding hydrogens is 394 g/mol. The number of rotatable bonds is 9. The zero-order valence-corrected chi connectivity index (χ0v) is 17.6. The average Bonchev–Trinajstić information content (AvgIpc) is 2.69. The maximum atomic E-state index is 12.5. The molecule has 1 atom stereocenters. The highest BCUT2D eigenvalue weighted by Gasteiger charge is 2.29. The van der Waals surface area contributed by atoms with Gasteiger partial charge < -0.3 is 9.47 Å². The van der Waals surface area contributed by atoms with E-state index in [2.05, 4.69) is 10.5 Å². The minimum atomic E-state index is -3.71. The lowest BCUT2D eigenvalue weighted by molar-refractivity contribution is -0.121. The van der Waals surface area contributed by atoms with Crippen molar-refractivity contribution < 1.29 is 22.7 Å². The Morgan fingerprint density at radius 1 is 1.14 bits per heavy atom. The Balaban J connectivity index is 2.12. The molecule has 1 N–H and O–H groups in total. The van der Waals surface area contributed by atoms with Crippen LogP contribution in [0.5, 0.6) is 11.5 Å². The number of amides is 1. The van der Waals surface area contributed by atoms with Crippen molar-refractivity contribution in [2.45, 2.75) is 19.9 Å². The number of nitrogens with zero attached hydrogens (tertiary/aromatic N) is 2. The summed E-state index contributed by atoms with van der Waals surface area (Å²) in [6.45, 7) is 3.85. The highest BCUT2D eigenvalue weighted by molar-refractivity contribution is 7.92. The lowest BCUT2D eigenvalue weighted by atomic mass is 10.2. The number of carbonyl (C=O) groups excluding carboxylic acids is 1. The van der Waals surface area contributed by atoms with Gasteiger partial charge in [0.1, 0.15) is 17.5 Å². The monoisotopic (exact) mass is 419 g/mol. The van der Waals surface area contributed by atoms with Crippen LogP contribution in [0.2, 0.25) is 0 Å². The smallest absolute Gasteiger partial charge is 0.263 e. The van der Waals surface area contributed by atoms with Gasteiger partial charge in [-0.2, -0.15) is 5.10 Å². The van der Waals surface area contributed by atoms with Gasteiger partial charge in [0.2, 0.25) is 10.0 Å². The number of sulfonamides is 1. The molecule has 0 heterocycles. The van der Waals surface area contributed by atoms with Crippen LogP contribution in [0.15, 0.2) is 53.6 Å². The number of hydrogen-bond acceptors (Lipinski definition) is 6. The van der Waals surface area contributed by atoms with E-state index in [1.165, 1.54) is 13.1 Å². The zero-order chi connectivity index (χ0) is 21.4. The van der Waals surface area contributed by atoms with Crippen molar-refractivity contribution in [3.8, 4) is 11.5 Å². The van der Waals surface area contributed by atoms with Gasteiger partial charge in [0.05, 0.1) is 31.9 Å². The van der Waals surface area contributed by atoms with Crippen LogP contribution in [0, 0.1) is 0 Å². The summed E-state index contributed by atoms with van der Waals surface area (Å²) in [6.07, 6.45) is 2.51. The molecule has 0 aliphatic carbocycles. The van der Waals surface area contributed by atoms with Gasteiger partial charge in [0.15, 0.2) is 0 Å². The quantitative estimate of drug-likeness (QED) is 0.497. The van der Waals surface area contributed by atoms with Gasteiger partial charge in [0.25, 0.3) is 5.91 Å². The first-order valence-corrected chi connectivity index (χ1v) is 10.8. The Morgan fingerprint density at radius 3 is 2.24 bits per heavy atom. The first-order valence-electron chi connectivity index (χ1n) is 8.95. The lowest BCUT2D eigenvalue weighted by Crippen LogP contribution is -2.46. The molecule has 1 amide bonds. The number of hydrazone groups is 1. The van der Waals surface area contributed by atoms with E-state index in [1.807, 2.05) is 6.92 Å². The fourth-order valence-corrected chi connectivity index (χ4v) is 3.79. The second kappa shape index (κ2) is 9.92. The number of anilines is 1. The summed E-state index contributed by atoms with van der Waals surface area (Å²) in [5.74, 6) is 0.763. The van der Waals surface area contributed by atoms with E-state index in [0.29, 0.717) is 23.8 Å². The Labute approximate surface area is 171 Å². The van der Waals surface area contributed by atoms with Crippen molar-refractivity contribution in [1.29, 1.82) is 0 Å². The number of carbonyl (C=O) groups is 1. The average molecular weight is 420 g/mol. The SMILES string of the molecule is CCOc1ccc(N([C@@H](C)C(=O)N/N=C\c2ccc(OC)cc2)S(C)(=O)=O)cc1. The van der Waals surface area contributed by atoms with E-state index >= 15 is 0 Å². The van der Waals surface area contributed by atoms with Crippen LogP contribution in [-0.2, 0) is 14.8 Å². The maximum Gasteiger partial charge on any atom is 0.263 e. The summed E-state index contributed by atoms with van der Waals surface area (Å²) >= 11 is 0. The van der Waals surface area contributed by atoms with Crippen LogP contribution in [0.3, 0.4) is 0 Å². The summed E-state index contributed by atoms with van der Waals surface area (Å²) in [6, 6.07) is 12.6. The first-order chi connectivity index (χ1) is 13.8. The molecule has 0 aromatic heterocycles. The summed E-state index contributed by atoms with van der Waals surface area (Å²) < 4.78 is 36.1. The third-order valence-corrected chi connectivity index (χ3v) is 5.24. The molecule has 0 fully saturated rings. The Hall–Kier alpha value is -3.07. The standard InChI is InChI=1S/C20H25N3O5S/c1-5-28-19-12-8-17(9-13-19)23(29(4,25)26)15(2)20(24)22-21-14-16-6-10-18(27-3)11-7-16/h6-15H,5H2,1-4H3,(H,22,24)/b21-14-/t15-/m0/s1. The van der Waals surface area contributed by atoms with Gasteiger partial charge in [0, 0.05) is 0 Å². The lowest BCUT2D eigenvalue weighted by Gasteiger charge is -2.27. The van der Waals surface area contributed by atoms with E-state index in [0.717, 1.165) is 16.1 Å². The molecule has 0 saturated heterocycles. The molecule has 0 radical (unpaired) electrons. The van der Waals surface area contributed by atoms with Gasteiger partial charge in [-0.15, -0.1) is 0 Å².